The highest BCUT2D eigenvalue weighted by Crippen LogP contribution is 2.47. The standard InChI is InChI=1S/C18H22F3NO3/c1-17(2,3)25-16(23)22-11-4-5-12(22)9-18(24,8-11)13-6-10(19)7-14(20)15(13)21/h6-7,11-12,24H,4-5,8-9H2,1-3H3. The molecule has 0 saturated carbocycles. The number of piperidine rings is 1. The van der Waals surface area contributed by atoms with Crippen molar-refractivity contribution in [3.05, 3.63) is 35.1 Å². The number of halogens is 3. The van der Waals surface area contributed by atoms with Crippen LogP contribution in [0.5, 0.6) is 0 Å². The molecular weight excluding hydrogens is 335 g/mol. The molecule has 2 heterocycles. The van der Waals surface area contributed by atoms with Gasteiger partial charge in [0.15, 0.2) is 11.6 Å². The number of carbonyl (C=O) groups is 1. The maximum Gasteiger partial charge on any atom is 0.410 e. The molecule has 1 amide bonds. The van der Waals surface area contributed by atoms with Crippen molar-refractivity contribution in [3.63, 3.8) is 0 Å². The van der Waals surface area contributed by atoms with E-state index in [4.69, 9.17) is 4.74 Å². The molecule has 25 heavy (non-hydrogen) atoms. The molecule has 7 heteroatoms. The number of aliphatic hydroxyl groups is 1. The fourth-order valence-corrected chi connectivity index (χ4v) is 3.95. The van der Waals surface area contributed by atoms with E-state index in [1.165, 1.54) is 0 Å². The average Bonchev–Trinajstić information content (AvgIpc) is 2.74. The molecule has 1 N–H and O–H groups in total. The van der Waals surface area contributed by atoms with E-state index in [9.17, 15) is 23.1 Å². The third-order valence-corrected chi connectivity index (χ3v) is 4.87. The summed E-state index contributed by atoms with van der Waals surface area (Å²) in [5.74, 6) is -3.51. The fourth-order valence-electron chi connectivity index (χ4n) is 3.95. The number of hydrogen-bond acceptors (Lipinski definition) is 3. The van der Waals surface area contributed by atoms with E-state index in [2.05, 4.69) is 0 Å². The summed E-state index contributed by atoms with van der Waals surface area (Å²) in [6.07, 6.45) is 0.815. The lowest BCUT2D eigenvalue weighted by Crippen LogP contribution is -2.53. The van der Waals surface area contributed by atoms with Crippen molar-refractivity contribution in [2.24, 2.45) is 0 Å². The smallest absolute Gasteiger partial charge is 0.410 e. The van der Waals surface area contributed by atoms with Crippen molar-refractivity contribution in [3.8, 4) is 0 Å². The van der Waals surface area contributed by atoms with E-state index in [-0.39, 0.29) is 30.5 Å². The van der Waals surface area contributed by atoms with Crippen LogP contribution in [0, 0.1) is 17.5 Å². The SMILES string of the molecule is CC(C)(C)OC(=O)N1C2CCC1CC(O)(c1cc(F)cc(F)c1F)C2. The van der Waals surface area contributed by atoms with Gasteiger partial charge in [-0.2, -0.15) is 0 Å². The Balaban J connectivity index is 1.88. The van der Waals surface area contributed by atoms with Crippen molar-refractivity contribution in [2.45, 2.75) is 69.7 Å². The molecule has 2 aliphatic heterocycles. The Morgan fingerprint density at radius 1 is 1.20 bits per heavy atom. The topological polar surface area (TPSA) is 49.8 Å². The van der Waals surface area contributed by atoms with Gasteiger partial charge in [0, 0.05) is 36.6 Å². The second kappa shape index (κ2) is 5.90. The molecule has 1 aromatic rings. The van der Waals surface area contributed by atoms with Gasteiger partial charge < -0.3 is 14.7 Å². The van der Waals surface area contributed by atoms with Gasteiger partial charge >= 0.3 is 6.09 Å². The molecule has 2 bridgehead atoms. The highest BCUT2D eigenvalue weighted by molar-refractivity contribution is 5.69. The molecule has 2 atom stereocenters. The summed E-state index contributed by atoms with van der Waals surface area (Å²) in [5.41, 5.74) is -2.75. The quantitative estimate of drug-likeness (QED) is 0.777. The molecular formula is C18H22F3NO3. The van der Waals surface area contributed by atoms with E-state index >= 15 is 0 Å². The van der Waals surface area contributed by atoms with E-state index < -0.39 is 34.7 Å². The van der Waals surface area contributed by atoms with E-state index in [1.54, 1.807) is 25.7 Å². The Morgan fingerprint density at radius 3 is 2.28 bits per heavy atom. The van der Waals surface area contributed by atoms with Crippen LogP contribution in [0.25, 0.3) is 0 Å². The second-order valence-corrected chi connectivity index (χ2v) is 7.96. The summed E-state index contributed by atoms with van der Waals surface area (Å²) in [6.45, 7) is 5.29. The molecule has 0 spiro atoms. The number of ether oxygens (including phenoxy) is 1. The fraction of sp³-hybridized carbons (Fsp3) is 0.611. The zero-order valence-electron chi connectivity index (χ0n) is 14.5. The Labute approximate surface area is 144 Å². The van der Waals surface area contributed by atoms with Crippen molar-refractivity contribution < 1.29 is 27.8 Å². The highest BCUT2D eigenvalue weighted by atomic mass is 19.2. The van der Waals surface area contributed by atoms with Gasteiger partial charge in [-0.15, -0.1) is 0 Å². The Kier molecular flexibility index (Phi) is 4.26. The number of hydrogen-bond donors (Lipinski definition) is 1. The van der Waals surface area contributed by atoms with Gasteiger partial charge in [0.25, 0.3) is 0 Å². The Hall–Kier alpha value is -1.76. The zero-order chi connectivity index (χ0) is 18.6. The molecule has 0 aromatic heterocycles. The van der Waals surface area contributed by atoms with Crippen LogP contribution >= 0.6 is 0 Å². The van der Waals surface area contributed by atoms with Crippen LogP contribution < -0.4 is 0 Å². The first-order chi connectivity index (χ1) is 11.5. The van der Waals surface area contributed by atoms with Crippen molar-refractivity contribution >= 4 is 6.09 Å². The first kappa shape index (κ1) is 18.0. The monoisotopic (exact) mass is 357 g/mol. The van der Waals surface area contributed by atoms with Gasteiger partial charge in [-0.1, -0.05) is 0 Å². The van der Waals surface area contributed by atoms with E-state index in [0.29, 0.717) is 18.9 Å². The van der Waals surface area contributed by atoms with Crippen LogP contribution in [0.3, 0.4) is 0 Å². The molecule has 1 aromatic carbocycles. The third-order valence-electron chi connectivity index (χ3n) is 4.87. The van der Waals surface area contributed by atoms with Crippen molar-refractivity contribution in [2.75, 3.05) is 0 Å². The van der Waals surface area contributed by atoms with Crippen LogP contribution in [0.1, 0.15) is 52.0 Å². The lowest BCUT2D eigenvalue weighted by molar-refractivity contribution is -0.0645. The second-order valence-electron chi connectivity index (χ2n) is 7.96. The molecule has 138 valence electrons. The molecule has 2 saturated heterocycles. The average molecular weight is 357 g/mol. The summed E-state index contributed by atoms with van der Waals surface area (Å²) in [6, 6.07) is 0.571. The molecule has 2 fully saturated rings. The summed E-state index contributed by atoms with van der Waals surface area (Å²) in [4.78, 5) is 14.0. The molecule has 4 nitrogen and oxygen atoms in total. The van der Waals surface area contributed by atoms with Gasteiger partial charge in [0.1, 0.15) is 11.4 Å². The minimum Gasteiger partial charge on any atom is -0.444 e. The Morgan fingerprint density at radius 2 is 1.76 bits per heavy atom. The molecule has 2 aliphatic rings. The van der Waals surface area contributed by atoms with E-state index in [1.807, 2.05) is 0 Å². The number of nitrogens with zero attached hydrogens (tertiary/aromatic N) is 1. The Bertz CT molecular complexity index is 688. The molecule has 2 unspecified atom stereocenters. The predicted octanol–water partition coefficient (Wildman–Crippen LogP) is 3.85. The largest absolute Gasteiger partial charge is 0.444 e. The number of fused-ring (bicyclic) bond motifs is 2. The van der Waals surface area contributed by atoms with E-state index in [0.717, 1.165) is 6.07 Å². The number of amides is 1. The zero-order valence-corrected chi connectivity index (χ0v) is 14.5. The number of benzene rings is 1. The van der Waals surface area contributed by atoms with Gasteiger partial charge in [0.05, 0.1) is 5.60 Å². The number of rotatable bonds is 1. The summed E-state index contributed by atoms with van der Waals surface area (Å²) >= 11 is 0. The minimum atomic E-state index is -1.71. The first-order valence-corrected chi connectivity index (χ1v) is 8.39. The summed E-state index contributed by atoms with van der Waals surface area (Å²) in [5, 5.41) is 10.9. The maximum absolute atomic E-state index is 14.2. The van der Waals surface area contributed by atoms with Crippen molar-refractivity contribution in [1.29, 1.82) is 0 Å². The van der Waals surface area contributed by atoms with Gasteiger partial charge in [-0.05, 0) is 39.7 Å². The predicted molar refractivity (Wildman–Crippen MR) is 84.3 cm³/mol. The lowest BCUT2D eigenvalue weighted by Gasteiger charge is -2.44. The minimum absolute atomic E-state index is 0.0164. The van der Waals surface area contributed by atoms with Crippen LogP contribution in [0.15, 0.2) is 12.1 Å². The lowest BCUT2D eigenvalue weighted by atomic mass is 9.80. The summed E-state index contributed by atoms with van der Waals surface area (Å²) in [7, 11) is 0. The molecule has 0 aliphatic carbocycles. The van der Waals surface area contributed by atoms with Gasteiger partial charge in [0.2, 0.25) is 0 Å². The van der Waals surface area contributed by atoms with Crippen LogP contribution in [-0.4, -0.2) is 33.8 Å². The third kappa shape index (κ3) is 3.34. The van der Waals surface area contributed by atoms with Crippen molar-refractivity contribution in [1.82, 2.24) is 4.90 Å². The first-order valence-electron chi connectivity index (χ1n) is 8.39. The maximum atomic E-state index is 14.2. The van der Waals surface area contributed by atoms with Gasteiger partial charge in [-0.3, -0.25) is 0 Å². The number of carbonyl (C=O) groups excluding carboxylic acids is 1. The summed E-state index contributed by atoms with van der Waals surface area (Å²) < 4.78 is 46.6. The molecule has 0 radical (unpaired) electrons. The van der Waals surface area contributed by atoms with Crippen LogP contribution in [0.2, 0.25) is 0 Å². The molecule has 3 rings (SSSR count). The van der Waals surface area contributed by atoms with Crippen LogP contribution in [-0.2, 0) is 10.3 Å². The van der Waals surface area contributed by atoms with Crippen LogP contribution in [0.4, 0.5) is 18.0 Å². The van der Waals surface area contributed by atoms with Gasteiger partial charge in [-0.25, -0.2) is 18.0 Å². The highest BCUT2D eigenvalue weighted by Gasteiger charge is 2.52. The normalized spacial score (nSPS) is 29.0.